The molecule has 2 N–H and O–H groups in total. The number of hydrogen-bond acceptors (Lipinski definition) is 4. The highest BCUT2D eigenvalue weighted by Gasteiger charge is 2.27. The lowest BCUT2D eigenvalue weighted by atomic mass is 10.9. The SMILES string of the molecule is CCOP(=O)(OCC)N(C)N. The minimum atomic E-state index is -3.18. The molecule has 5 nitrogen and oxygen atoms in total. The van der Waals surface area contributed by atoms with Crippen molar-refractivity contribution in [3.8, 4) is 0 Å². The van der Waals surface area contributed by atoms with Crippen molar-refractivity contribution in [2.45, 2.75) is 13.8 Å². The number of hydrogen-bond donors (Lipinski definition) is 1. The van der Waals surface area contributed by atoms with Gasteiger partial charge in [0.1, 0.15) is 0 Å². The van der Waals surface area contributed by atoms with Gasteiger partial charge in [0, 0.05) is 7.05 Å². The summed E-state index contributed by atoms with van der Waals surface area (Å²) in [5.41, 5.74) is 0. The van der Waals surface area contributed by atoms with E-state index in [9.17, 15) is 4.57 Å². The molecule has 68 valence electrons. The summed E-state index contributed by atoms with van der Waals surface area (Å²) in [5, 5.41) is 0. The molecule has 0 heterocycles. The lowest BCUT2D eigenvalue weighted by Crippen LogP contribution is -2.25. The summed E-state index contributed by atoms with van der Waals surface area (Å²) >= 11 is 0. The van der Waals surface area contributed by atoms with Gasteiger partial charge in [0.25, 0.3) is 0 Å². The first-order chi connectivity index (χ1) is 5.06. The van der Waals surface area contributed by atoms with Crippen molar-refractivity contribution >= 4 is 7.75 Å². The number of nitrogens with zero attached hydrogens (tertiary/aromatic N) is 1. The van der Waals surface area contributed by atoms with Gasteiger partial charge in [-0.25, -0.2) is 4.57 Å². The average Bonchev–Trinajstić information content (AvgIpc) is 1.88. The Hall–Kier alpha value is 0.0700. The second-order valence-electron chi connectivity index (χ2n) is 1.88. The van der Waals surface area contributed by atoms with Crippen LogP contribution in [0.2, 0.25) is 0 Å². The highest BCUT2D eigenvalue weighted by Crippen LogP contribution is 2.48. The fourth-order valence-electron chi connectivity index (χ4n) is 0.546. The summed E-state index contributed by atoms with van der Waals surface area (Å²) in [7, 11) is -1.73. The molecular formula is C5H15N2O3P. The normalized spacial score (nSPS) is 12.5. The van der Waals surface area contributed by atoms with Crippen LogP contribution in [0.1, 0.15) is 13.8 Å². The van der Waals surface area contributed by atoms with Crippen molar-refractivity contribution in [3.05, 3.63) is 0 Å². The first kappa shape index (κ1) is 11.1. The largest absolute Gasteiger partial charge is 0.421 e. The standard InChI is InChI=1S/C5H15N2O3P/c1-4-9-11(8,7(3)6)10-5-2/h4-6H2,1-3H3. The van der Waals surface area contributed by atoms with Gasteiger partial charge in [-0.2, -0.15) is 4.78 Å². The molecule has 0 rings (SSSR count). The van der Waals surface area contributed by atoms with Gasteiger partial charge in [0.05, 0.1) is 13.2 Å². The molecule has 0 amide bonds. The van der Waals surface area contributed by atoms with Gasteiger partial charge in [-0.3, -0.25) is 14.9 Å². The first-order valence-electron chi connectivity index (χ1n) is 3.44. The second-order valence-corrected chi connectivity index (χ2v) is 3.96. The predicted molar refractivity (Wildman–Crippen MR) is 42.8 cm³/mol. The first-order valence-corrected chi connectivity index (χ1v) is 4.94. The van der Waals surface area contributed by atoms with Crippen LogP contribution in [0.25, 0.3) is 0 Å². The van der Waals surface area contributed by atoms with E-state index >= 15 is 0 Å². The van der Waals surface area contributed by atoms with Crippen LogP contribution in [-0.4, -0.2) is 25.0 Å². The van der Waals surface area contributed by atoms with Crippen molar-refractivity contribution in [1.82, 2.24) is 4.78 Å². The van der Waals surface area contributed by atoms with E-state index < -0.39 is 7.75 Å². The Morgan fingerprint density at radius 1 is 1.36 bits per heavy atom. The molecule has 0 aliphatic rings. The molecule has 0 unspecified atom stereocenters. The van der Waals surface area contributed by atoms with Crippen LogP contribution in [-0.2, 0) is 13.6 Å². The van der Waals surface area contributed by atoms with Crippen molar-refractivity contribution < 1.29 is 13.6 Å². The second kappa shape index (κ2) is 4.85. The van der Waals surface area contributed by atoms with Crippen LogP contribution in [0.4, 0.5) is 0 Å². The van der Waals surface area contributed by atoms with E-state index in [1.807, 2.05) is 0 Å². The molecule has 0 spiro atoms. The van der Waals surface area contributed by atoms with E-state index in [4.69, 9.17) is 14.9 Å². The van der Waals surface area contributed by atoms with Gasteiger partial charge in [-0.05, 0) is 13.8 Å². The average molecular weight is 182 g/mol. The fraction of sp³-hybridized carbons (Fsp3) is 1.00. The van der Waals surface area contributed by atoms with Gasteiger partial charge in [0.2, 0.25) is 0 Å². The van der Waals surface area contributed by atoms with Crippen LogP contribution in [0.15, 0.2) is 0 Å². The summed E-state index contributed by atoms with van der Waals surface area (Å²) in [4.78, 5) is 0. The lowest BCUT2D eigenvalue weighted by Gasteiger charge is -2.21. The van der Waals surface area contributed by atoms with Crippen LogP contribution < -0.4 is 5.84 Å². The third-order valence-corrected chi connectivity index (χ3v) is 2.91. The topological polar surface area (TPSA) is 64.8 Å². The van der Waals surface area contributed by atoms with Crippen molar-refractivity contribution in [3.63, 3.8) is 0 Å². The van der Waals surface area contributed by atoms with E-state index in [0.29, 0.717) is 13.2 Å². The predicted octanol–water partition coefficient (Wildman–Crippen LogP) is 0.973. The Morgan fingerprint density at radius 2 is 1.73 bits per heavy atom. The molecule has 0 aromatic heterocycles. The van der Waals surface area contributed by atoms with Crippen LogP contribution >= 0.6 is 7.75 Å². The highest BCUT2D eigenvalue weighted by molar-refractivity contribution is 7.51. The number of nitrogens with two attached hydrogens (primary N) is 1. The van der Waals surface area contributed by atoms with E-state index in [-0.39, 0.29) is 0 Å². The van der Waals surface area contributed by atoms with Gasteiger partial charge in [-0.15, -0.1) is 0 Å². The molecule has 0 saturated heterocycles. The number of hydrazine groups is 1. The van der Waals surface area contributed by atoms with Gasteiger partial charge in [0.15, 0.2) is 0 Å². The smallest absolute Gasteiger partial charge is 0.296 e. The monoisotopic (exact) mass is 182 g/mol. The minimum Gasteiger partial charge on any atom is -0.296 e. The minimum absolute atomic E-state index is 0.318. The third kappa shape index (κ3) is 3.31. The molecule has 0 aliphatic carbocycles. The molecule has 0 saturated carbocycles. The summed E-state index contributed by atoms with van der Waals surface area (Å²) in [5.74, 6) is 5.26. The maximum absolute atomic E-state index is 11.5. The van der Waals surface area contributed by atoms with Crippen molar-refractivity contribution in [2.24, 2.45) is 5.84 Å². The molecule has 0 bridgehead atoms. The Labute approximate surface area is 67.0 Å². The zero-order valence-electron chi connectivity index (χ0n) is 7.11. The maximum atomic E-state index is 11.5. The quantitative estimate of drug-likeness (QED) is 0.390. The molecular weight excluding hydrogens is 167 g/mol. The Morgan fingerprint density at radius 3 is 1.91 bits per heavy atom. The molecule has 0 aromatic rings. The van der Waals surface area contributed by atoms with E-state index in [1.165, 1.54) is 7.05 Å². The van der Waals surface area contributed by atoms with Crippen LogP contribution in [0, 0.1) is 0 Å². The molecule has 6 heteroatoms. The van der Waals surface area contributed by atoms with Crippen molar-refractivity contribution in [1.29, 1.82) is 0 Å². The summed E-state index contributed by atoms with van der Waals surface area (Å²) in [6.45, 7) is 4.10. The van der Waals surface area contributed by atoms with E-state index in [0.717, 1.165) is 4.78 Å². The van der Waals surface area contributed by atoms with Gasteiger partial charge >= 0.3 is 7.75 Å². The Bertz CT molecular complexity index is 141. The highest BCUT2D eigenvalue weighted by atomic mass is 31.2. The molecule has 11 heavy (non-hydrogen) atoms. The summed E-state index contributed by atoms with van der Waals surface area (Å²) in [6.07, 6.45) is 0. The van der Waals surface area contributed by atoms with Crippen LogP contribution in [0.5, 0.6) is 0 Å². The zero-order valence-corrected chi connectivity index (χ0v) is 8.01. The summed E-state index contributed by atoms with van der Waals surface area (Å²) in [6, 6.07) is 0. The third-order valence-electron chi connectivity index (χ3n) is 0.971. The summed E-state index contributed by atoms with van der Waals surface area (Å²) < 4.78 is 22.2. The molecule has 0 aliphatic heterocycles. The van der Waals surface area contributed by atoms with Gasteiger partial charge in [-0.1, -0.05) is 0 Å². The molecule has 0 aromatic carbocycles. The van der Waals surface area contributed by atoms with E-state index in [1.54, 1.807) is 13.8 Å². The van der Waals surface area contributed by atoms with E-state index in [2.05, 4.69) is 0 Å². The zero-order chi connectivity index (χ0) is 8.91. The number of rotatable bonds is 5. The molecule has 0 radical (unpaired) electrons. The molecule has 0 fully saturated rings. The fourth-order valence-corrected chi connectivity index (χ4v) is 1.64. The van der Waals surface area contributed by atoms with Crippen molar-refractivity contribution in [2.75, 3.05) is 20.3 Å². The van der Waals surface area contributed by atoms with Gasteiger partial charge < -0.3 is 0 Å². The maximum Gasteiger partial charge on any atom is 0.421 e. The Kier molecular flexibility index (Phi) is 4.88. The molecule has 0 atom stereocenters. The lowest BCUT2D eigenvalue weighted by molar-refractivity contribution is 0.177. The Balaban J connectivity index is 4.14. The van der Waals surface area contributed by atoms with Crippen LogP contribution in [0.3, 0.4) is 0 Å².